The minimum Gasteiger partial charge on any atom is -0.345 e. The summed E-state index contributed by atoms with van der Waals surface area (Å²) in [5, 5.41) is 2.33. The molecule has 0 fully saturated rings. The molecule has 5 nitrogen and oxygen atoms in total. The van der Waals surface area contributed by atoms with Crippen LogP contribution in [0.1, 0.15) is 10.4 Å². The van der Waals surface area contributed by atoms with E-state index in [-0.39, 0.29) is 5.69 Å². The van der Waals surface area contributed by atoms with Crippen LogP contribution in [0.15, 0.2) is 36.7 Å². The van der Waals surface area contributed by atoms with E-state index in [2.05, 4.69) is 20.3 Å². The third-order valence-electron chi connectivity index (χ3n) is 2.75. The number of carbonyl (C=O) groups is 1. The molecule has 100 valence electrons. The standard InChI is InChI=1S/C13H8F2N4O/c14-11-4-3-9(12(15)19-11)18-13(20)7-1-2-8-10(5-7)17-6-16-8/h1-6H,(H,16,17)(H,18,20). The Morgan fingerprint density at radius 3 is 2.85 bits per heavy atom. The van der Waals surface area contributed by atoms with Crippen molar-refractivity contribution in [3.05, 3.63) is 54.1 Å². The van der Waals surface area contributed by atoms with Crippen LogP contribution in [0.3, 0.4) is 0 Å². The van der Waals surface area contributed by atoms with E-state index in [1.807, 2.05) is 0 Å². The zero-order valence-electron chi connectivity index (χ0n) is 10.0. The Morgan fingerprint density at radius 2 is 2.05 bits per heavy atom. The lowest BCUT2D eigenvalue weighted by molar-refractivity contribution is 0.102. The molecule has 1 aromatic carbocycles. The van der Waals surface area contributed by atoms with Crippen LogP contribution >= 0.6 is 0 Å². The molecular formula is C13H8F2N4O. The first kappa shape index (κ1) is 12.2. The van der Waals surface area contributed by atoms with Gasteiger partial charge >= 0.3 is 0 Å². The number of benzene rings is 1. The highest BCUT2D eigenvalue weighted by Crippen LogP contribution is 2.16. The fourth-order valence-electron chi connectivity index (χ4n) is 1.78. The Balaban J connectivity index is 1.88. The number of aromatic nitrogens is 3. The van der Waals surface area contributed by atoms with Gasteiger partial charge in [0.05, 0.1) is 23.0 Å². The largest absolute Gasteiger partial charge is 0.345 e. The average Bonchev–Trinajstić information content (AvgIpc) is 2.89. The van der Waals surface area contributed by atoms with E-state index in [0.29, 0.717) is 11.1 Å². The number of H-pyrrole nitrogens is 1. The van der Waals surface area contributed by atoms with Crippen LogP contribution in [0.5, 0.6) is 0 Å². The minimum atomic E-state index is -1.07. The number of fused-ring (bicyclic) bond motifs is 1. The number of carbonyl (C=O) groups excluding carboxylic acids is 1. The molecule has 3 rings (SSSR count). The first-order valence-corrected chi connectivity index (χ1v) is 5.70. The lowest BCUT2D eigenvalue weighted by atomic mass is 10.2. The van der Waals surface area contributed by atoms with Crippen molar-refractivity contribution in [2.45, 2.75) is 0 Å². The molecule has 0 aliphatic heterocycles. The van der Waals surface area contributed by atoms with Crippen LogP contribution < -0.4 is 5.32 Å². The van der Waals surface area contributed by atoms with Gasteiger partial charge in [0.15, 0.2) is 0 Å². The number of nitrogens with one attached hydrogen (secondary N) is 2. The molecule has 0 radical (unpaired) electrons. The highest BCUT2D eigenvalue weighted by atomic mass is 19.1. The van der Waals surface area contributed by atoms with E-state index in [1.54, 1.807) is 18.2 Å². The van der Waals surface area contributed by atoms with Gasteiger partial charge in [-0.3, -0.25) is 4.79 Å². The number of pyridine rings is 1. The summed E-state index contributed by atoms with van der Waals surface area (Å²) in [7, 11) is 0. The molecule has 0 aliphatic rings. The number of anilines is 1. The average molecular weight is 274 g/mol. The first-order valence-electron chi connectivity index (χ1n) is 5.70. The summed E-state index contributed by atoms with van der Waals surface area (Å²) in [6.07, 6.45) is 1.51. The number of amides is 1. The van der Waals surface area contributed by atoms with Gasteiger partial charge < -0.3 is 10.3 Å². The second-order valence-corrected chi connectivity index (χ2v) is 4.06. The van der Waals surface area contributed by atoms with E-state index in [4.69, 9.17) is 0 Å². The van der Waals surface area contributed by atoms with E-state index >= 15 is 0 Å². The molecule has 0 aliphatic carbocycles. The molecule has 2 aromatic heterocycles. The van der Waals surface area contributed by atoms with E-state index in [1.165, 1.54) is 6.33 Å². The van der Waals surface area contributed by atoms with Gasteiger partial charge in [-0.25, -0.2) is 4.98 Å². The number of halogens is 2. The number of hydrogen-bond donors (Lipinski definition) is 2. The van der Waals surface area contributed by atoms with Gasteiger partial charge in [-0.2, -0.15) is 13.8 Å². The van der Waals surface area contributed by atoms with Gasteiger partial charge in [0.1, 0.15) is 0 Å². The van der Waals surface area contributed by atoms with Crippen LogP contribution in [0.4, 0.5) is 14.5 Å². The Labute approximate surface area is 111 Å². The summed E-state index contributed by atoms with van der Waals surface area (Å²) in [6, 6.07) is 6.90. The molecule has 20 heavy (non-hydrogen) atoms. The quantitative estimate of drug-likeness (QED) is 0.705. The van der Waals surface area contributed by atoms with Gasteiger partial charge in [-0.1, -0.05) is 0 Å². The third kappa shape index (κ3) is 2.20. The number of hydrogen-bond acceptors (Lipinski definition) is 3. The molecule has 1 amide bonds. The Hall–Kier alpha value is -2.83. The van der Waals surface area contributed by atoms with Crippen molar-refractivity contribution in [3.8, 4) is 0 Å². The van der Waals surface area contributed by atoms with Crippen molar-refractivity contribution in [1.82, 2.24) is 15.0 Å². The zero-order valence-corrected chi connectivity index (χ0v) is 10.0. The molecule has 0 bridgehead atoms. The zero-order chi connectivity index (χ0) is 14.1. The van der Waals surface area contributed by atoms with Crippen molar-refractivity contribution in [2.75, 3.05) is 5.32 Å². The van der Waals surface area contributed by atoms with Crippen LogP contribution in [0, 0.1) is 11.9 Å². The number of rotatable bonds is 2. The molecule has 2 N–H and O–H groups in total. The van der Waals surface area contributed by atoms with Crippen LogP contribution in [-0.4, -0.2) is 20.9 Å². The molecule has 0 atom stereocenters. The Kier molecular flexibility index (Phi) is 2.86. The minimum absolute atomic E-state index is 0.180. The Morgan fingerprint density at radius 1 is 1.20 bits per heavy atom. The molecular weight excluding hydrogens is 266 g/mol. The topological polar surface area (TPSA) is 70.7 Å². The predicted molar refractivity (Wildman–Crippen MR) is 68.2 cm³/mol. The van der Waals surface area contributed by atoms with Gasteiger partial charge in [0.25, 0.3) is 5.91 Å². The van der Waals surface area contributed by atoms with Crippen molar-refractivity contribution < 1.29 is 13.6 Å². The summed E-state index contributed by atoms with van der Waals surface area (Å²) in [6.45, 7) is 0. The SMILES string of the molecule is O=C(Nc1ccc(F)nc1F)c1ccc2nc[nH]c2c1. The van der Waals surface area contributed by atoms with Gasteiger partial charge in [-0.05, 0) is 30.3 Å². The fourth-order valence-corrected chi connectivity index (χ4v) is 1.78. The maximum Gasteiger partial charge on any atom is 0.255 e. The van der Waals surface area contributed by atoms with Crippen molar-refractivity contribution in [1.29, 1.82) is 0 Å². The molecule has 0 spiro atoms. The molecule has 2 heterocycles. The summed E-state index contributed by atoms with van der Waals surface area (Å²) in [5.41, 5.74) is 1.55. The van der Waals surface area contributed by atoms with Crippen LogP contribution in [0.2, 0.25) is 0 Å². The Bertz CT molecular complexity index is 800. The monoisotopic (exact) mass is 274 g/mol. The van der Waals surface area contributed by atoms with Crippen molar-refractivity contribution in [2.24, 2.45) is 0 Å². The molecule has 0 unspecified atom stereocenters. The predicted octanol–water partition coefficient (Wildman–Crippen LogP) is 2.49. The third-order valence-corrected chi connectivity index (χ3v) is 2.75. The van der Waals surface area contributed by atoms with Gasteiger partial charge in [0.2, 0.25) is 11.9 Å². The van der Waals surface area contributed by atoms with Crippen molar-refractivity contribution in [3.63, 3.8) is 0 Å². The highest BCUT2D eigenvalue weighted by Gasteiger charge is 2.11. The molecule has 7 heteroatoms. The lowest BCUT2D eigenvalue weighted by Crippen LogP contribution is -2.13. The maximum absolute atomic E-state index is 13.3. The van der Waals surface area contributed by atoms with Gasteiger partial charge in [-0.15, -0.1) is 0 Å². The summed E-state index contributed by atoms with van der Waals surface area (Å²) in [4.78, 5) is 21.9. The lowest BCUT2D eigenvalue weighted by Gasteiger charge is -2.05. The van der Waals surface area contributed by atoms with Crippen molar-refractivity contribution >= 4 is 22.6 Å². The van der Waals surface area contributed by atoms with Gasteiger partial charge in [0, 0.05) is 5.56 Å². The normalized spacial score (nSPS) is 10.7. The van der Waals surface area contributed by atoms with E-state index in [0.717, 1.165) is 17.6 Å². The number of nitrogens with zero attached hydrogens (tertiary/aromatic N) is 2. The summed E-state index contributed by atoms with van der Waals surface area (Å²) in [5.74, 6) is -2.53. The van der Waals surface area contributed by atoms with Crippen LogP contribution in [0.25, 0.3) is 11.0 Å². The second-order valence-electron chi connectivity index (χ2n) is 4.06. The summed E-state index contributed by atoms with van der Waals surface area (Å²) >= 11 is 0. The molecule has 3 aromatic rings. The van der Waals surface area contributed by atoms with E-state index in [9.17, 15) is 13.6 Å². The highest BCUT2D eigenvalue weighted by molar-refractivity contribution is 6.05. The first-order chi connectivity index (χ1) is 9.63. The number of aromatic amines is 1. The second kappa shape index (κ2) is 4.69. The van der Waals surface area contributed by atoms with Crippen LogP contribution in [-0.2, 0) is 0 Å². The maximum atomic E-state index is 13.3. The van der Waals surface area contributed by atoms with E-state index < -0.39 is 17.8 Å². The molecule has 0 saturated carbocycles. The fraction of sp³-hybridized carbons (Fsp3) is 0. The summed E-state index contributed by atoms with van der Waals surface area (Å²) < 4.78 is 26.0. The number of imidazole rings is 1. The smallest absolute Gasteiger partial charge is 0.255 e. The molecule has 0 saturated heterocycles.